The lowest BCUT2D eigenvalue weighted by Gasteiger charge is -2.24. The van der Waals surface area contributed by atoms with E-state index < -0.39 is 0 Å². The van der Waals surface area contributed by atoms with Crippen LogP contribution in [-0.4, -0.2) is 51.7 Å². The van der Waals surface area contributed by atoms with Gasteiger partial charge >= 0.3 is 5.97 Å². The van der Waals surface area contributed by atoms with E-state index in [1.807, 2.05) is 50.1 Å². The second-order valence-corrected chi connectivity index (χ2v) is 7.97. The third-order valence-electron chi connectivity index (χ3n) is 4.75. The molecule has 0 radical (unpaired) electrons. The fourth-order valence-corrected chi connectivity index (χ4v) is 3.97. The molecule has 30 heavy (non-hydrogen) atoms. The number of aromatic nitrogens is 3. The average Bonchev–Trinajstić information content (AvgIpc) is 3.37. The van der Waals surface area contributed by atoms with Crippen molar-refractivity contribution >= 4 is 28.2 Å². The van der Waals surface area contributed by atoms with Gasteiger partial charge in [0.15, 0.2) is 0 Å². The number of nitrogens with one attached hydrogen (secondary N) is 1. The van der Waals surface area contributed by atoms with Crippen LogP contribution < -0.4 is 5.32 Å². The Morgan fingerprint density at radius 3 is 2.67 bits per heavy atom. The summed E-state index contributed by atoms with van der Waals surface area (Å²) >= 11 is 1.23. The molecule has 0 aliphatic rings. The van der Waals surface area contributed by atoms with Crippen LogP contribution in [0.25, 0.3) is 5.69 Å². The number of hydrogen-bond donors (Lipinski definition) is 1. The minimum absolute atomic E-state index is 0.0423. The highest BCUT2D eigenvalue weighted by Crippen LogP contribution is 2.27. The van der Waals surface area contributed by atoms with Gasteiger partial charge in [-0.25, -0.2) is 14.5 Å². The van der Waals surface area contributed by atoms with Crippen molar-refractivity contribution in [3.05, 3.63) is 59.0 Å². The molecule has 0 aliphatic heterocycles. The number of ether oxygens (including phenoxy) is 1. The summed E-state index contributed by atoms with van der Waals surface area (Å²) in [5, 5.41) is 7.63. The molecule has 1 unspecified atom stereocenters. The van der Waals surface area contributed by atoms with Crippen molar-refractivity contribution in [3.63, 3.8) is 0 Å². The summed E-state index contributed by atoms with van der Waals surface area (Å²) in [6.45, 7) is 6.18. The van der Waals surface area contributed by atoms with Crippen molar-refractivity contribution in [3.8, 4) is 5.69 Å². The van der Waals surface area contributed by atoms with Crippen molar-refractivity contribution in [1.29, 1.82) is 0 Å². The number of likely N-dealkylation sites (N-methyl/N-ethyl adjacent to an activating group) is 1. The number of carbonyl (C=O) groups excluding carboxylic acids is 2. The van der Waals surface area contributed by atoms with Gasteiger partial charge < -0.3 is 10.1 Å². The SMILES string of the molecule is CCOC(=O)c1sc(NC(=O)CN(C)C(C)c2ccc(-n3cncn3)cc2)cc1C. The lowest BCUT2D eigenvalue weighted by Crippen LogP contribution is -2.32. The van der Waals surface area contributed by atoms with Crippen LogP contribution in [0.1, 0.15) is 40.7 Å². The van der Waals surface area contributed by atoms with E-state index in [2.05, 4.69) is 15.4 Å². The molecule has 0 saturated heterocycles. The predicted octanol–water partition coefficient (Wildman–Crippen LogP) is 3.45. The van der Waals surface area contributed by atoms with Crippen LogP contribution >= 0.6 is 11.3 Å². The van der Waals surface area contributed by atoms with Gasteiger partial charge in [0, 0.05) is 6.04 Å². The maximum absolute atomic E-state index is 12.5. The van der Waals surface area contributed by atoms with Crippen LogP contribution in [0.15, 0.2) is 43.0 Å². The molecule has 3 aromatic rings. The highest BCUT2D eigenvalue weighted by atomic mass is 32.1. The molecular formula is C21H25N5O3S. The number of benzene rings is 1. The zero-order valence-electron chi connectivity index (χ0n) is 17.5. The summed E-state index contributed by atoms with van der Waals surface area (Å²) in [6, 6.07) is 9.82. The second kappa shape index (κ2) is 9.64. The number of esters is 1. The Labute approximate surface area is 179 Å². The molecular weight excluding hydrogens is 402 g/mol. The van der Waals surface area contributed by atoms with Gasteiger partial charge in [-0.2, -0.15) is 5.10 Å². The summed E-state index contributed by atoms with van der Waals surface area (Å²) in [7, 11) is 1.90. The molecule has 0 bridgehead atoms. The minimum Gasteiger partial charge on any atom is -0.462 e. The molecule has 0 spiro atoms. The number of thiophene rings is 1. The smallest absolute Gasteiger partial charge is 0.348 e. The molecule has 158 valence electrons. The number of anilines is 1. The third-order valence-corrected chi connectivity index (χ3v) is 5.89. The van der Waals surface area contributed by atoms with E-state index in [4.69, 9.17) is 4.74 Å². The zero-order valence-corrected chi connectivity index (χ0v) is 18.3. The first kappa shape index (κ1) is 21.7. The van der Waals surface area contributed by atoms with E-state index in [0.29, 0.717) is 16.5 Å². The Hall–Kier alpha value is -3.04. The lowest BCUT2D eigenvalue weighted by molar-refractivity contribution is -0.117. The topological polar surface area (TPSA) is 89.4 Å². The first-order valence-electron chi connectivity index (χ1n) is 9.61. The minimum atomic E-state index is -0.361. The fourth-order valence-electron chi connectivity index (χ4n) is 2.98. The molecule has 9 heteroatoms. The van der Waals surface area contributed by atoms with Crippen molar-refractivity contribution < 1.29 is 14.3 Å². The number of hydrogen-bond acceptors (Lipinski definition) is 7. The number of rotatable bonds is 8. The van der Waals surface area contributed by atoms with Crippen LogP contribution in [-0.2, 0) is 9.53 Å². The maximum atomic E-state index is 12.5. The van der Waals surface area contributed by atoms with Crippen LogP contribution in [0.4, 0.5) is 5.00 Å². The molecule has 8 nitrogen and oxygen atoms in total. The van der Waals surface area contributed by atoms with Crippen molar-refractivity contribution in [2.24, 2.45) is 0 Å². The largest absolute Gasteiger partial charge is 0.462 e. The lowest BCUT2D eigenvalue weighted by atomic mass is 10.1. The first-order valence-corrected chi connectivity index (χ1v) is 10.4. The van der Waals surface area contributed by atoms with Crippen molar-refractivity contribution in [2.75, 3.05) is 25.5 Å². The van der Waals surface area contributed by atoms with E-state index in [9.17, 15) is 9.59 Å². The van der Waals surface area contributed by atoms with E-state index in [-0.39, 0.29) is 24.5 Å². The van der Waals surface area contributed by atoms with Gasteiger partial charge in [0.25, 0.3) is 0 Å². The van der Waals surface area contributed by atoms with E-state index >= 15 is 0 Å². The molecule has 3 rings (SSSR count). The van der Waals surface area contributed by atoms with Gasteiger partial charge in [0.2, 0.25) is 5.91 Å². The van der Waals surface area contributed by atoms with E-state index in [1.54, 1.807) is 24.0 Å². The predicted molar refractivity (Wildman–Crippen MR) is 116 cm³/mol. The summed E-state index contributed by atoms with van der Waals surface area (Å²) in [4.78, 5) is 30.9. The monoisotopic (exact) mass is 427 g/mol. The van der Waals surface area contributed by atoms with Crippen LogP contribution in [0, 0.1) is 6.92 Å². The Bertz CT molecular complexity index is 998. The summed E-state index contributed by atoms with van der Waals surface area (Å²) < 4.78 is 6.74. The molecule has 1 amide bonds. The first-order chi connectivity index (χ1) is 14.4. The number of nitrogens with zero attached hydrogens (tertiary/aromatic N) is 4. The Balaban J connectivity index is 1.58. The van der Waals surface area contributed by atoms with Crippen LogP contribution in [0.2, 0.25) is 0 Å². The highest BCUT2D eigenvalue weighted by Gasteiger charge is 2.18. The van der Waals surface area contributed by atoms with Gasteiger partial charge in [0.05, 0.1) is 23.8 Å². The molecule has 1 aromatic carbocycles. The summed E-state index contributed by atoms with van der Waals surface area (Å²) in [6.07, 6.45) is 3.14. The standard InChI is InChI=1S/C21H25N5O3S/c1-5-29-21(28)20-14(2)10-19(30-20)24-18(27)11-25(4)15(3)16-6-8-17(9-7-16)26-13-22-12-23-26/h6-10,12-13,15H,5,11H2,1-4H3,(H,24,27). The molecule has 1 atom stereocenters. The fraction of sp³-hybridized carbons (Fsp3) is 0.333. The zero-order chi connectivity index (χ0) is 21.7. The Kier molecular flexibility index (Phi) is 6.96. The van der Waals surface area contributed by atoms with Crippen molar-refractivity contribution in [1.82, 2.24) is 19.7 Å². The maximum Gasteiger partial charge on any atom is 0.348 e. The Morgan fingerprint density at radius 2 is 2.03 bits per heavy atom. The number of amides is 1. The highest BCUT2D eigenvalue weighted by molar-refractivity contribution is 7.18. The molecule has 0 aliphatic carbocycles. The Morgan fingerprint density at radius 1 is 1.30 bits per heavy atom. The van der Waals surface area contributed by atoms with Crippen LogP contribution in [0.5, 0.6) is 0 Å². The quantitative estimate of drug-likeness (QED) is 0.554. The normalized spacial score (nSPS) is 12.0. The van der Waals surface area contributed by atoms with Gasteiger partial charge in [-0.05, 0) is 57.1 Å². The molecule has 0 fully saturated rings. The van der Waals surface area contributed by atoms with E-state index in [0.717, 1.165) is 16.8 Å². The number of carbonyl (C=O) groups is 2. The molecule has 0 saturated carbocycles. The summed E-state index contributed by atoms with van der Waals surface area (Å²) in [5.41, 5.74) is 2.81. The van der Waals surface area contributed by atoms with Gasteiger partial charge in [-0.15, -0.1) is 11.3 Å². The second-order valence-electron chi connectivity index (χ2n) is 6.91. The van der Waals surface area contributed by atoms with E-state index in [1.165, 1.54) is 17.7 Å². The summed E-state index contributed by atoms with van der Waals surface area (Å²) in [5.74, 6) is -0.499. The molecule has 1 N–H and O–H groups in total. The average molecular weight is 428 g/mol. The van der Waals surface area contributed by atoms with Gasteiger partial charge in [0.1, 0.15) is 17.5 Å². The van der Waals surface area contributed by atoms with Gasteiger partial charge in [-0.3, -0.25) is 9.69 Å². The number of aryl methyl sites for hydroxylation is 1. The molecule has 2 aromatic heterocycles. The van der Waals surface area contributed by atoms with Gasteiger partial charge in [-0.1, -0.05) is 12.1 Å². The third kappa shape index (κ3) is 5.11. The van der Waals surface area contributed by atoms with Crippen molar-refractivity contribution in [2.45, 2.75) is 26.8 Å². The van der Waals surface area contributed by atoms with Crippen LogP contribution in [0.3, 0.4) is 0 Å². The molecule has 2 heterocycles.